The topological polar surface area (TPSA) is 46.6 Å². The molecule has 0 N–H and O–H groups in total. The van der Waals surface area contributed by atoms with Crippen molar-refractivity contribution in [3.8, 4) is 0 Å². The molecule has 0 bridgehead atoms. The molecule has 1 aliphatic heterocycles. The van der Waals surface area contributed by atoms with Crippen LogP contribution < -0.4 is 0 Å². The van der Waals surface area contributed by atoms with Crippen LogP contribution in [0.1, 0.15) is 33.6 Å². The summed E-state index contributed by atoms with van der Waals surface area (Å²) in [5.74, 6) is 0.184. The molecule has 1 heterocycles. The summed E-state index contributed by atoms with van der Waals surface area (Å²) in [5, 5.41) is 0. The predicted octanol–water partition coefficient (Wildman–Crippen LogP) is 1.34. The molecule has 4 heteroatoms. The van der Waals surface area contributed by atoms with Crippen LogP contribution in [0.3, 0.4) is 0 Å². The van der Waals surface area contributed by atoms with Gasteiger partial charge in [-0.3, -0.25) is 9.69 Å². The lowest BCUT2D eigenvalue weighted by atomic mass is 10.00. The van der Waals surface area contributed by atoms with Gasteiger partial charge in [-0.05, 0) is 33.6 Å². The summed E-state index contributed by atoms with van der Waals surface area (Å²) in [6.45, 7) is 5.71. The van der Waals surface area contributed by atoms with Gasteiger partial charge in [0.05, 0.1) is 6.54 Å². The van der Waals surface area contributed by atoms with Crippen molar-refractivity contribution in [2.75, 3.05) is 6.54 Å². The Morgan fingerprint density at radius 2 is 2.00 bits per heavy atom. The molecule has 0 aromatic carbocycles. The molecule has 1 aliphatic carbocycles. The Morgan fingerprint density at radius 3 is 2.36 bits per heavy atom. The molecule has 1 saturated heterocycles. The Hall–Kier alpha value is -1.06. The van der Waals surface area contributed by atoms with Gasteiger partial charge in [-0.15, -0.1) is 0 Å². The fourth-order valence-electron chi connectivity index (χ4n) is 1.72. The van der Waals surface area contributed by atoms with Crippen LogP contribution in [0, 0.1) is 0 Å². The van der Waals surface area contributed by atoms with Crippen molar-refractivity contribution in [3.63, 3.8) is 0 Å². The first-order chi connectivity index (χ1) is 6.35. The zero-order valence-corrected chi connectivity index (χ0v) is 8.79. The zero-order chi connectivity index (χ0) is 10.6. The van der Waals surface area contributed by atoms with E-state index in [1.54, 1.807) is 4.90 Å². The number of hydrogen-bond acceptors (Lipinski definition) is 3. The van der Waals surface area contributed by atoms with Crippen molar-refractivity contribution in [3.05, 3.63) is 0 Å². The zero-order valence-electron chi connectivity index (χ0n) is 8.79. The summed E-state index contributed by atoms with van der Waals surface area (Å²) >= 11 is 0. The largest absolute Gasteiger partial charge is 0.444 e. The maximum absolute atomic E-state index is 11.6. The van der Waals surface area contributed by atoms with Crippen molar-refractivity contribution < 1.29 is 14.3 Å². The SMILES string of the molecule is CC(C)(C)OC(=O)N1CC(=O)C12CC2. The van der Waals surface area contributed by atoms with Gasteiger partial charge in [0, 0.05) is 0 Å². The van der Waals surface area contributed by atoms with E-state index in [1.165, 1.54) is 0 Å². The van der Waals surface area contributed by atoms with Crippen LogP contribution in [0.4, 0.5) is 4.79 Å². The van der Waals surface area contributed by atoms with Gasteiger partial charge in [0.1, 0.15) is 11.1 Å². The average Bonchev–Trinajstić information content (AvgIpc) is 2.76. The van der Waals surface area contributed by atoms with E-state index in [0.717, 1.165) is 12.8 Å². The number of ether oxygens (including phenoxy) is 1. The summed E-state index contributed by atoms with van der Waals surface area (Å²) < 4.78 is 5.20. The van der Waals surface area contributed by atoms with Gasteiger partial charge in [-0.25, -0.2) is 4.79 Å². The van der Waals surface area contributed by atoms with Crippen LogP contribution in [-0.2, 0) is 9.53 Å². The summed E-state index contributed by atoms with van der Waals surface area (Å²) in [6.07, 6.45) is 1.27. The molecule has 0 atom stereocenters. The number of likely N-dealkylation sites (tertiary alicyclic amines) is 1. The highest BCUT2D eigenvalue weighted by molar-refractivity contribution is 6.03. The highest BCUT2D eigenvalue weighted by Crippen LogP contribution is 2.49. The monoisotopic (exact) mass is 197 g/mol. The van der Waals surface area contributed by atoms with Gasteiger partial charge in [0.2, 0.25) is 0 Å². The standard InChI is InChI=1S/C10H15NO3/c1-9(2,3)14-8(13)11-6-7(12)10(11)4-5-10/h4-6H2,1-3H3. The molecule has 1 spiro atoms. The minimum atomic E-state index is -0.480. The molecule has 78 valence electrons. The van der Waals surface area contributed by atoms with Crippen LogP contribution in [-0.4, -0.2) is 34.5 Å². The third-order valence-electron chi connectivity index (χ3n) is 2.67. The number of ketones is 1. The van der Waals surface area contributed by atoms with E-state index in [9.17, 15) is 9.59 Å². The van der Waals surface area contributed by atoms with E-state index in [1.807, 2.05) is 20.8 Å². The van der Waals surface area contributed by atoms with Gasteiger partial charge < -0.3 is 4.74 Å². The van der Waals surface area contributed by atoms with E-state index < -0.39 is 11.1 Å². The lowest BCUT2D eigenvalue weighted by molar-refractivity contribution is -0.138. The normalized spacial score (nSPS) is 23.4. The van der Waals surface area contributed by atoms with Crippen molar-refractivity contribution in [1.82, 2.24) is 4.90 Å². The lowest BCUT2D eigenvalue weighted by Gasteiger charge is -2.40. The molecule has 1 saturated carbocycles. The van der Waals surface area contributed by atoms with Gasteiger partial charge in [-0.1, -0.05) is 0 Å². The van der Waals surface area contributed by atoms with E-state index in [4.69, 9.17) is 4.74 Å². The summed E-state index contributed by atoms with van der Waals surface area (Å²) in [7, 11) is 0. The van der Waals surface area contributed by atoms with Gasteiger partial charge in [0.25, 0.3) is 0 Å². The van der Waals surface area contributed by atoms with Crippen molar-refractivity contribution >= 4 is 11.9 Å². The van der Waals surface area contributed by atoms with Crippen LogP contribution >= 0.6 is 0 Å². The Kier molecular flexibility index (Phi) is 1.69. The number of Topliss-reactive ketones (excluding diaryl/α,β-unsaturated/α-hetero) is 1. The number of amides is 1. The number of rotatable bonds is 0. The second-order valence-corrected chi connectivity index (χ2v) is 5.02. The van der Waals surface area contributed by atoms with E-state index in [2.05, 4.69) is 0 Å². The fourth-order valence-corrected chi connectivity index (χ4v) is 1.72. The van der Waals surface area contributed by atoms with Crippen molar-refractivity contribution in [2.24, 2.45) is 0 Å². The highest BCUT2D eigenvalue weighted by Gasteiger charge is 2.64. The van der Waals surface area contributed by atoms with E-state index in [0.29, 0.717) is 0 Å². The van der Waals surface area contributed by atoms with Gasteiger partial charge in [-0.2, -0.15) is 0 Å². The second-order valence-electron chi connectivity index (χ2n) is 5.02. The summed E-state index contributed by atoms with van der Waals surface area (Å²) in [5.41, 5.74) is -0.922. The fraction of sp³-hybridized carbons (Fsp3) is 0.800. The number of hydrogen-bond donors (Lipinski definition) is 0. The van der Waals surface area contributed by atoms with Crippen LogP contribution in [0.15, 0.2) is 0 Å². The molecule has 0 unspecified atom stereocenters. The molecule has 14 heavy (non-hydrogen) atoms. The molecule has 0 radical (unpaired) electrons. The molecular weight excluding hydrogens is 182 g/mol. The van der Waals surface area contributed by atoms with Crippen molar-refractivity contribution in [1.29, 1.82) is 0 Å². The Bertz CT molecular complexity index is 299. The second kappa shape index (κ2) is 2.49. The molecule has 0 aromatic heterocycles. The molecule has 2 rings (SSSR count). The lowest BCUT2D eigenvalue weighted by Crippen LogP contribution is -2.62. The first kappa shape index (κ1) is 9.49. The minimum absolute atomic E-state index is 0.184. The minimum Gasteiger partial charge on any atom is -0.444 e. The molecule has 2 fully saturated rings. The number of carbonyl (C=O) groups excluding carboxylic acids is 2. The number of nitrogens with zero attached hydrogens (tertiary/aromatic N) is 1. The van der Waals surface area contributed by atoms with Gasteiger partial charge in [0.15, 0.2) is 5.78 Å². The average molecular weight is 197 g/mol. The Morgan fingerprint density at radius 1 is 1.43 bits per heavy atom. The molecular formula is C10H15NO3. The number of carbonyl (C=O) groups is 2. The molecule has 0 aromatic rings. The molecule has 2 aliphatic rings. The smallest absolute Gasteiger partial charge is 0.411 e. The van der Waals surface area contributed by atoms with Crippen LogP contribution in [0.5, 0.6) is 0 Å². The summed E-state index contributed by atoms with van der Waals surface area (Å²) in [6, 6.07) is 0. The first-order valence-corrected chi connectivity index (χ1v) is 4.89. The quantitative estimate of drug-likeness (QED) is 0.588. The molecule has 4 nitrogen and oxygen atoms in total. The van der Waals surface area contributed by atoms with Crippen LogP contribution in [0.2, 0.25) is 0 Å². The van der Waals surface area contributed by atoms with Crippen LogP contribution in [0.25, 0.3) is 0 Å². The Balaban J connectivity index is 1.98. The van der Waals surface area contributed by atoms with Crippen molar-refractivity contribution in [2.45, 2.75) is 44.8 Å². The molecule has 1 amide bonds. The highest BCUT2D eigenvalue weighted by atomic mass is 16.6. The maximum Gasteiger partial charge on any atom is 0.411 e. The summed E-state index contributed by atoms with van der Waals surface area (Å²) in [4.78, 5) is 24.4. The van der Waals surface area contributed by atoms with E-state index in [-0.39, 0.29) is 18.4 Å². The van der Waals surface area contributed by atoms with E-state index >= 15 is 0 Å². The third kappa shape index (κ3) is 1.29. The van der Waals surface area contributed by atoms with Gasteiger partial charge >= 0.3 is 6.09 Å². The Labute approximate surface area is 83.2 Å². The maximum atomic E-state index is 11.6. The predicted molar refractivity (Wildman–Crippen MR) is 49.9 cm³/mol. The third-order valence-corrected chi connectivity index (χ3v) is 2.67. The first-order valence-electron chi connectivity index (χ1n) is 4.89.